The van der Waals surface area contributed by atoms with E-state index in [0.29, 0.717) is 27.6 Å². The first kappa shape index (κ1) is 12.4. The monoisotopic (exact) mass is 265 g/mol. The van der Waals surface area contributed by atoms with E-state index in [0.717, 1.165) is 0 Å². The topological polar surface area (TPSA) is 43.1 Å². The van der Waals surface area contributed by atoms with Crippen LogP contribution in [0.4, 0.5) is 10.1 Å². The maximum absolute atomic E-state index is 13.8. The second-order valence-electron chi connectivity index (χ2n) is 4.60. The summed E-state index contributed by atoms with van der Waals surface area (Å²) in [6, 6.07) is 16.6. The molecule has 0 bridgehead atoms. The number of benzene rings is 3. The van der Waals surface area contributed by atoms with Gasteiger partial charge in [0.05, 0.1) is 0 Å². The zero-order valence-corrected chi connectivity index (χ0v) is 10.6. The minimum atomic E-state index is -0.329. The van der Waals surface area contributed by atoms with Crippen molar-refractivity contribution >= 4 is 22.2 Å². The maximum atomic E-state index is 13.8. The van der Waals surface area contributed by atoms with Crippen molar-refractivity contribution in [1.29, 1.82) is 0 Å². The number of carbonyl (C=O) groups is 1. The fourth-order valence-corrected chi connectivity index (χ4v) is 2.30. The van der Waals surface area contributed by atoms with E-state index < -0.39 is 0 Å². The lowest BCUT2D eigenvalue weighted by Crippen LogP contribution is -2.03. The first-order valence-corrected chi connectivity index (χ1v) is 6.24. The van der Waals surface area contributed by atoms with Crippen LogP contribution in [0.2, 0.25) is 0 Å². The summed E-state index contributed by atoms with van der Waals surface area (Å²) in [5, 5.41) is 1.06. The smallest absolute Gasteiger partial charge is 0.193 e. The standard InChI is InChI=1S/C17H12FNO/c18-16-9-8-15(13-6-1-2-7-14(13)16)17(20)11-4-3-5-12(19)10-11/h1-10H,19H2. The predicted octanol–water partition coefficient (Wildman–Crippen LogP) is 3.79. The molecule has 2 nitrogen and oxygen atoms in total. The Morgan fingerprint density at radius 2 is 1.65 bits per heavy atom. The van der Waals surface area contributed by atoms with Crippen molar-refractivity contribution in [3.05, 3.63) is 77.6 Å². The third-order valence-electron chi connectivity index (χ3n) is 3.26. The number of rotatable bonds is 2. The fourth-order valence-electron chi connectivity index (χ4n) is 2.30. The Balaban J connectivity index is 2.20. The van der Waals surface area contributed by atoms with Gasteiger partial charge in [-0.15, -0.1) is 0 Å². The number of halogens is 1. The lowest BCUT2D eigenvalue weighted by Gasteiger charge is -2.07. The Morgan fingerprint density at radius 1 is 0.900 bits per heavy atom. The molecule has 0 aliphatic rings. The molecule has 20 heavy (non-hydrogen) atoms. The van der Waals surface area contributed by atoms with Gasteiger partial charge in [0.1, 0.15) is 5.82 Å². The largest absolute Gasteiger partial charge is 0.399 e. The van der Waals surface area contributed by atoms with E-state index in [4.69, 9.17) is 5.73 Å². The Labute approximate surface area is 115 Å². The van der Waals surface area contributed by atoms with Gasteiger partial charge < -0.3 is 5.73 Å². The number of fused-ring (bicyclic) bond motifs is 1. The molecule has 0 atom stereocenters. The number of nitrogens with two attached hydrogens (primary N) is 1. The fraction of sp³-hybridized carbons (Fsp3) is 0. The molecule has 0 heterocycles. The van der Waals surface area contributed by atoms with Crippen LogP contribution in [0.5, 0.6) is 0 Å². The normalized spacial score (nSPS) is 10.7. The van der Waals surface area contributed by atoms with Crippen LogP contribution >= 0.6 is 0 Å². The maximum Gasteiger partial charge on any atom is 0.193 e. The molecular weight excluding hydrogens is 253 g/mol. The summed E-state index contributed by atoms with van der Waals surface area (Å²) in [7, 11) is 0. The average molecular weight is 265 g/mol. The van der Waals surface area contributed by atoms with E-state index in [2.05, 4.69) is 0 Å². The highest BCUT2D eigenvalue weighted by Crippen LogP contribution is 2.24. The zero-order chi connectivity index (χ0) is 14.1. The van der Waals surface area contributed by atoms with Crippen molar-refractivity contribution in [3.8, 4) is 0 Å². The van der Waals surface area contributed by atoms with Gasteiger partial charge in [0.15, 0.2) is 5.78 Å². The highest BCUT2D eigenvalue weighted by Gasteiger charge is 2.14. The van der Waals surface area contributed by atoms with Crippen molar-refractivity contribution in [2.24, 2.45) is 0 Å². The molecule has 3 aromatic rings. The quantitative estimate of drug-likeness (QED) is 0.566. The molecule has 0 saturated heterocycles. The first-order chi connectivity index (χ1) is 9.66. The lowest BCUT2D eigenvalue weighted by molar-refractivity contribution is 0.104. The van der Waals surface area contributed by atoms with Crippen molar-refractivity contribution in [2.45, 2.75) is 0 Å². The van der Waals surface area contributed by atoms with Gasteiger partial charge in [0, 0.05) is 22.2 Å². The molecule has 0 aliphatic heterocycles. The molecule has 3 aromatic carbocycles. The number of nitrogen functional groups attached to an aromatic ring is 1. The van der Waals surface area contributed by atoms with Crippen molar-refractivity contribution in [1.82, 2.24) is 0 Å². The molecule has 0 saturated carbocycles. The molecule has 0 aromatic heterocycles. The summed E-state index contributed by atoms with van der Waals surface area (Å²) >= 11 is 0. The number of anilines is 1. The van der Waals surface area contributed by atoms with Gasteiger partial charge in [-0.2, -0.15) is 0 Å². The summed E-state index contributed by atoms with van der Waals surface area (Å²) in [6.45, 7) is 0. The second kappa shape index (κ2) is 4.78. The summed E-state index contributed by atoms with van der Waals surface area (Å²) in [5.41, 5.74) is 7.21. The molecule has 0 radical (unpaired) electrons. The summed E-state index contributed by atoms with van der Waals surface area (Å²) in [5.74, 6) is -0.488. The molecule has 0 spiro atoms. The number of carbonyl (C=O) groups excluding carboxylic acids is 1. The van der Waals surface area contributed by atoms with Crippen molar-refractivity contribution < 1.29 is 9.18 Å². The number of hydrogen-bond donors (Lipinski definition) is 1. The van der Waals surface area contributed by atoms with Crippen LogP contribution in [0.25, 0.3) is 10.8 Å². The lowest BCUT2D eigenvalue weighted by atomic mass is 9.97. The molecule has 0 unspecified atom stereocenters. The van der Waals surface area contributed by atoms with Crippen LogP contribution in [0.15, 0.2) is 60.7 Å². The van der Waals surface area contributed by atoms with Crippen LogP contribution in [-0.4, -0.2) is 5.78 Å². The van der Waals surface area contributed by atoms with E-state index >= 15 is 0 Å². The van der Waals surface area contributed by atoms with E-state index in [1.54, 1.807) is 48.5 Å². The average Bonchev–Trinajstić information content (AvgIpc) is 2.47. The third kappa shape index (κ3) is 2.03. The van der Waals surface area contributed by atoms with Gasteiger partial charge in [0.25, 0.3) is 0 Å². The van der Waals surface area contributed by atoms with Gasteiger partial charge in [-0.1, -0.05) is 36.4 Å². The van der Waals surface area contributed by atoms with Crippen molar-refractivity contribution in [2.75, 3.05) is 5.73 Å². The van der Waals surface area contributed by atoms with E-state index in [1.165, 1.54) is 12.1 Å². The molecule has 98 valence electrons. The Kier molecular flexibility index (Phi) is 2.95. The molecule has 0 aliphatic carbocycles. The number of hydrogen-bond acceptors (Lipinski definition) is 2. The number of ketones is 1. The Hall–Kier alpha value is -2.68. The van der Waals surface area contributed by atoms with Crippen LogP contribution in [-0.2, 0) is 0 Å². The Bertz CT molecular complexity index is 811. The van der Waals surface area contributed by atoms with Gasteiger partial charge in [0.2, 0.25) is 0 Å². The Morgan fingerprint density at radius 3 is 2.40 bits per heavy atom. The van der Waals surface area contributed by atoms with E-state index in [1.807, 2.05) is 0 Å². The highest BCUT2D eigenvalue weighted by atomic mass is 19.1. The molecule has 3 heteroatoms. The van der Waals surface area contributed by atoms with Crippen LogP contribution in [0.3, 0.4) is 0 Å². The van der Waals surface area contributed by atoms with Crippen LogP contribution < -0.4 is 5.73 Å². The predicted molar refractivity (Wildman–Crippen MR) is 78.2 cm³/mol. The SMILES string of the molecule is Nc1cccc(C(=O)c2ccc(F)c3ccccc23)c1. The van der Waals surface area contributed by atoms with Crippen LogP contribution in [0.1, 0.15) is 15.9 Å². The molecular formula is C17H12FNO. The van der Waals surface area contributed by atoms with Crippen LogP contribution in [0, 0.1) is 5.82 Å². The molecule has 0 amide bonds. The third-order valence-corrected chi connectivity index (χ3v) is 3.26. The minimum absolute atomic E-state index is 0.159. The second-order valence-corrected chi connectivity index (χ2v) is 4.60. The molecule has 2 N–H and O–H groups in total. The zero-order valence-electron chi connectivity index (χ0n) is 10.6. The van der Waals surface area contributed by atoms with E-state index in [-0.39, 0.29) is 11.6 Å². The minimum Gasteiger partial charge on any atom is -0.399 e. The van der Waals surface area contributed by atoms with Gasteiger partial charge in [-0.3, -0.25) is 4.79 Å². The van der Waals surface area contributed by atoms with Crippen molar-refractivity contribution in [3.63, 3.8) is 0 Å². The highest BCUT2D eigenvalue weighted by molar-refractivity contribution is 6.16. The van der Waals surface area contributed by atoms with E-state index in [9.17, 15) is 9.18 Å². The first-order valence-electron chi connectivity index (χ1n) is 6.24. The molecule has 3 rings (SSSR count). The van der Waals surface area contributed by atoms with Gasteiger partial charge in [-0.05, 0) is 29.7 Å². The summed E-state index contributed by atoms with van der Waals surface area (Å²) in [6.07, 6.45) is 0. The van der Waals surface area contributed by atoms with Gasteiger partial charge in [-0.25, -0.2) is 4.39 Å². The summed E-state index contributed by atoms with van der Waals surface area (Å²) < 4.78 is 13.8. The van der Waals surface area contributed by atoms with Gasteiger partial charge >= 0.3 is 0 Å². The molecule has 0 fully saturated rings. The summed E-state index contributed by atoms with van der Waals surface area (Å²) in [4.78, 5) is 12.5.